The number of esters is 2. The molecule has 4 atom stereocenters. The average Bonchev–Trinajstić information content (AvgIpc) is 3.28. The SMILES string of the molecule is C=C1CC2CC3=C[C@@H](C/C(C)=C/[C@@H](OC(=O)/C=C/c4cc(C)c(OC)c(OC)c4)[C@@H]2C1=C)OC3=O. The number of hydrogen-bond acceptors (Lipinski definition) is 6. The summed E-state index contributed by atoms with van der Waals surface area (Å²) in [5.41, 5.74) is 5.19. The molecule has 2 aliphatic carbocycles. The molecule has 1 saturated carbocycles. The van der Waals surface area contributed by atoms with Crippen LogP contribution in [-0.4, -0.2) is 38.4 Å². The van der Waals surface area contributed by atoms with Gasteiger partial charge in [0, 0.05) is 24.0 Å². The maximum atomic E-state index is 12.9. The maximum absolute atomic E-state index is 12.9. The predicted octanol–water partition coefficient (Wildman–Crippen LogP) is 5.28. The highest BCUT2D eigenvalue weighted by atomic mass is 16.6. The largest absolute Gasteiger partial charge is 0.493 e. The number of rotatable bonds is 5. The molecule has 0 N–H and O–H groups in total. The second kappa shape index (κ2) is 9.98. The minimum Gasteiger partial charge on any atom is -0.493 e. The van der Waals surface area contributed by atoms with Crippen LogP contribution in [-0.2, 0) is 19.1 Å². The number of ether oxygens (including phenoxy) is 4. The van der Waals surface area contributed by atoms with Crippen molar-refractivity contribution in [2.24, 2.45) is 11.8 Å². The van der Waals surface area contributed by atoms with Crippen LogP contribution in [0.5, 0.6) is 11.5 Å². The first-order valence-corrected chi connectivity index (χ1v) is 11.8. The Labute approximate surface area is 206 Å². The Morgan fingerprint density at radius 3 is 2.57 bits per heavy atom. The predicted molar refractivity (Wildman–Crippen MR) is 134 cm³/mol. The van der Waals surface area contributed by atoms with Crippen LogP contribution < -0.4 is 9.47 Å². The fraction of sp³-hybridized carbons (Fsp3) is 0.379. The van der Waals surface area contributed by atoms with E-state index in [2.05, 4.69) is 13.2 Å². The van der Waals surface area contributed by atoms with E-state index in [1.807, 2.05) is 38.1 Å². The molecule has 184 valence electrons. The van der Waals surface area contributed by atoms with Crippen molar-refractivity contribution in [2.45, 2.75) is 45.3 Å². The molecule has 0 amide bonds. The van der Waals surface area contributed by atoms with Crippen LogP contribution in [0.1, 0.15) is 37.3 Å². The molecule has 2 bridgehead atoms. The first-order valence-electron chi connectivity index (χ1n) is 11.8. The molecule has 6 heteroatoms. The number of fused-ring (bicyclic) bond motifs is 2. The van der Waals surface area contributed by atoms with E-state index in [0.29, 0.717) is 36.3 Å². The molecule has 4 rings (SSSR count). The number of allylic oxidation sites excluding steroid dienone is 1. The highest BCUT2D eigenvalue weighted by Crippen LogP contribution is 2.46. The quantitative estimate of drug-likeness (QED) is 0.327. The van der Waals surface area contributed by atoms with Gasteiger partial charge in [0.2, 0.25) is 0 Å². The van der Waals surface area contributed by atoms with Gasteiger partial charge in [-0.15, -0.1) is 0 Å². The lowest BCUT2D eigenvalue weighted by Crippen LogP contribution is -2.29. The Hall–Kier alpha value is -3.54. The van der Waals surface area contributed by atoms with E-state index in [-0.39, 0.29) is 23.9 Å². The Morgan fingerprint density at radius 2 is 1.86 bits per heavy atom. The van der Waals surface area contributed by atoms with Gasteiger partial charge in [0.05, 0.1) is 14.2 Å². The molecule has 1 aliphatic heterocycles. The van der Waals surface area contributed by atoms with Crippen molar-refractivity contribution in [3.05, 3.63) is 76.9 Å². The highest BCUT2D eigenvalue weighted by molar-refractivity contribution is 5.91. The first kappa shape index (κ1) is 24.6. The third-order valence-corrected chi connectivity index (χ3v) is 6.94. The Morgan fingerprint density at radius 1 is 1.09 bits per heavy atom. The van der Waals surface area contributed by atoms with E-state index < -0.39 is 12.1 Å². The van der Waals surface area contributed by atoms with Gasteiger partial charge in [0.25, 0.3) is 0 Å². The molecular weight excluding hydrogens is 444 g/mol. The molecular formula is C29H32O6. The van der Waals surface area contributed by atoms with E-state index >= 15 is 0 Å². The molecule has 3 aliphatic rings. The van der Waals surface area contributed by atoms with Crippen LogP contribution in [0.3, 0.4) is 0 Å². The Balaban J connectivity index is 1.58. The fourth-order valence-corrected chi connectivity index (χ4v) is 5.33. The molecule has 6 nitrogen and oxygen atoms in total. The minimum atomic E-state index is -0.510. The van der Waals surface area contributed by atoms with Crippen LogP contribution >= 0.6 is 0 Å². The maximum Gasteiger partial charge on any atom is 0.334 e. The van der Waals surface area contributed by atoms with Gasteiger partial charge in [-0.2, -0.15) is 0 Å². The average molecular weight is 477 g/mol. The molecule has 0 aromatic heterocycles. The molecule has 1 fully saturated rings. The van der Waals surface area contributed by atoms with Gasteiger partial charge in [-0.1, -0.05) is 24.3 Å². The lowest BCUT2D eigenvalue weighted by atomic mass is 9.82. The molecule has 0 saturated heterocycles. The van der Waals surface area contributed by atoms with Gasteiger partial charge in [-0.25, -0.2) is 9.59 Å². The first-order chi connectivity index (χ1) is 16.7. The smallest absolute Gasteiger partial charge is 0.334 e. The molecule has 1 heterocycles. The number of benzene rings is 1. The summed E-state index contributed by atoms with van der Waals surface area (Å²) in [5, 5.41) is 0. The standard InChI is InChI=1S/C29H32O6/c1-16-9-23-15-22(29(31)34-23)14-21-12-17(2)19(4)27(21)24(10-16)35-26(30)8-7-20-11-18(3)28(33-6)25(13-20)32-5/h7-8,10-11,13,15,21,23-24,27H,2,4,9,12,14H2,1,3,5-6H3/b8-7+,16-10+/t21?,23-,24-,27-/m1/s1. The normalized spacial score (nSPS) is 27.6. The van der Waals surface area contributed by atoms with Gasteiger partial charge < -0.3 is 18.9 Å². The monoisotopic (exact) mass is 476 g/mol. The van der Waals surface area contributed by atoms with Crippen molar-refractivity contribution < 1.29 is 28.5 Å². The summed E-state index contributed by atoms with van der Waals surface area (Å²) in [6, 6.07) is 3.72. The van der Waals surface area contributed by atoms with E-state index in [9.17, 15) is 9.59 Å². The van der Waals surface area contributed by atoms with Crippen LogP contribution in [0.2, 0.25) is 0 Å². The molecule has 0 spiro atoms. The van der Waals surface area contributed by atoms with Gasteiger partial charge in [0.15, 0.2) is 11.5 Å². The van der Waals surface area contributed by atoms with Crippen molar-refractivity contribution >= 4 is 18.0 Å². The van der Waals surface area contributed by atoms with E-state index in [0.717, 1.165) is 27.8 Å². The molecule has 35 heavy (non-hydrogen) atoms. The second-order valence-electron chi connectivity index (χ2n) is 9.48. The third-order valence-electron chi connectivity index (χ3n) is 6.94. The van der Waals surface area contributed by atoms with Gasteiger partial charge in [0.1, 0.15) is 12.2 Å². The summed E-state index contributed by atoms with van der Waals surface area (Å²) >= 11 is 0. The van der Waals surface area contributed by atoms with Crippen LogP contribution in [0.4, 0.5) is 0 Å². The van der Waals surface area contributed by atoms with Gasteiger partial charge in [-0.05, 0) is 79.7 Å². The molecule has 1 aromatic carbocycles. The molecule has 1 unspecified atom stereocenters. The number of hydrogen-bond donors (Lipinski definition) is 0. The van der Waals surface area contributed by atoms with Gasteiger partial charge >= 0.3 is 11.9 Å². The van der Waals surface area contributed by atoms with E-state index in [4.69, 9.17) is 18.9 Å². The Bertz CT molecular complexity index is 1170. The summed E-state index contributed by atoms with van der Waals surface area (Å²) < 4.78 is 22.3. The van der Waals surface area contributed by atoms with E-state index in [1.54, 1.807) is 20.3 Å². The van der Waals surface area contributed by atoms with Crippen molar-refractivity contribution in [3.63, 3.8) is 0 Å². The zero-order valence-electron chi connectivity index (χ0n) is 20.8. The van der Waals surface area contributed by atoms with Crippen LogP contribution in [0.15, 0.2) is 65.8 Å². The summed E-state index contributed by atoms with van der Waals surface area (Å²) in [7, 11) is 3.17. The van der Waals surface area contributed by atoms with Gasteiger partial charge in [-0.3, -0.25) is 0 Å². The summed E-state index contributed by atoms with van der Waals surface area (Å²) in [5.74, 6) is 0.451. The topological polar surface area (TPSA) is 71.1 Å². The molecule has 0 radical (unpaired) electrons. The zero-order chi connectivity index (χ0) is 25.3. The van der Waals surface area contributed by atoms with Crippen LogP contribution in [0.25, 0.3) is 6.08 Å². The summed E-state index contributed by atoms with van der Waals surface area (Å²) in [6.07, 6.45) is 8.07. The van der Waals surface area contributed by atoms with E-state index in [1.165, 1.54) is 6.08 Å². The minimum absolute atomic E-state index is 0.0602. The summed E-state index contributed by atoms with van der Waals surface area (Å²) in [6.45, 7) is 12.3. The number of carbonyl (C=O) groups excluding carboxylic acids is 2. The van der Waals surface area contributed by atoms with Crippen molar-refractivity contribution in [2.75, 3.05) is 14.2 Å². The lowest BCUT2D eigenvalue weighted by Gasteiger charge is -2.27. The third kappa shape index (κ3) is 5.11. The summed E-state index contributed by atoms with van der Waals surface area (Å²) in [4.78, 5) is 25.3. The number of aryl methyl sites for hydroxylation is 1. The lowest BCUT2D eigenvalue weighted by molar-refractivity contribution is -0.143. The number of carbonyl (C=O) groups is 2. The van der Waals surface area contributed by atoms with Crippen molar-refractivity contribution in [1.82, 2.24) is 0 Å². The molecule has 1 aromatic rings. The van der Waals surface area contributed by atoms with Crippen molar-refractivity contribution in [3.8, 4) is 11.5 Å². The highest BCUT2D eigenvalue weighted by Gasteiger charge is 2.42. The zero-order valence-corrected chi connectivity index (χ0v) is 20.8. The second-order valence-corrected chi connectivity index (χ2v) is 9.48. The fourth-order valence-electron chi connectivity index (χ4n) is 5.33. The Kier molecular flexibility index (Phi) is 7.01. The van der Waals surface area contributed by atoms with Crippen molar-refractivity contribution in [1.29, 1.82) is 0 Å². The van der Waals surface area contributed by atoms with Crippen LogP contribution in [0, 0.1) is 18.8 Å². The number of methoxy groups -OCH3 is 2.